The smallest absolute Gasteiger partial charge is 0.215 e. The molecule has 0 unspecified atom stereocenters. The summed E-state index contributed by atoms with van der Waals surface area (Å²) in [5.41, 5.74) is 1.72. The van der Waals surface area contributed by atoms with Crippen LogP contribution < -0.4 is 15.4 Å². The molecule has 8 heteroatoms. The first-order chi connectivity index (χ1) is 13.5. The van der Waals surface area contributed by atoms with E-state index in [0.29, 0.717) is 6.54 Å². The van der Waals surface area contributed by atoms with E-state index in [-0.39, 0.29) is 5.75 Å². The summed E-state index contributed by atoms with van der Waals surface area (Å²) in [6.45, 7) is 4.08. The van der Waals surface area contributed by atoms with E-state index < -0.39 is 10.0 Å². The van der Waals surface area contributed by atoms with Gasteiger partial charge in [0.2, 0.25) is 10.0 Å². The van der Waals surface area contributed by atoms with Crippen LogP contribution in [0.4, 0.5) is 0 Å². The summed E-state index contributed by atoms with van der Waals surface area (Å²) in [5, 5.41) is 6.57. The van der Waals surface area contributed by atoms with Crippen LogP contribution in [0.2, 0.25) is 0 Å². The quantitative estimate of drug-likeness (QED) is 0.238. The number of nitrogens with zero attached hydrogens (tertiary/aromatic N) is 1. The predicted octanol–water partition coefficient (Wildman–Crippen LogP) is 2.58. The van der Waals surface area contributed by atoms with Gasteiger partial charge < -0.3 is 10.6 Å². The van der Waals surface area contributed by atoms with Crippen LogP contribution in [0.1, 0.15) is 18.1 Å². The number of sulfonamides is 1. The van der Waals surface area contributed by atoms with Gasteiger partial charge in [0.05, 0.1) is 12.3 Å². The standard InChI is InChI=1S/C20H28N4O2S2/c1-3-22-20(23-12-13-27-19-10-5-4-6-11-19)24-15-17-8-7-9-18(14-17)16-28(25,26)21-2/h4-11,14,21H,3,12-13,15-16H2,1-2H3,(H2,22,23,24). The van der Waals surface area contributed by atoms with Crippen molar-refractivity contribution in [2.24, 2.45) is 4.99 Å². The predicted molar refractivity (Wildman–Crippen MR) is 118 cm³/mol. The van der Waals surface area contributed by atoms with Crippen molar-refractivity contribution in [1.29, 1.82) is 0 Å². The Labute approximate surface area is 172 Å². The fraction of sp³-hybridized carbons (Fsp3) is 0.350. The summed E-state index contributed by atoms with van der Waals surface area (Å²) in [5.74, 6) is 1.66. The van der Waals surface area contributed by atoms with Crippen LogP contribution in [0.15, 0.2) is 64.5 Å². The molecule has 0 radical (unpaired) electrons. The number of thioether (sulfide) groups is 1. The topological polar surface area (TPSA) is 82.6 Å². The first kappa shape index (κ1) is 22.3. The highest BCUT2D eigenvalue weighted by atomic mass is 32.2. The second-order valence-corrected chi connectivity index (χ2v) is 9.16. The van der Waals surface area contributed by atoms with E-state index in [0.717, 1.165) is 35.9 Å². The molecule has 0 aromatic heterocycles. The van der Waals surface area contributed by atoms with Crippen LogP contribution in [-0.2, 0) is 22.3 Å². The number of nitrogens with one attached hydrogen (secondary N) is 3. The van der Waals surface area contributed by atoms with Crippen LogP contribution in [0, 0.1) is 0 Å². The highest BCUT2D eigenvalue weighted by Gasteiger charge is 2.08. The van der Waals surface area contributed by atoms with E-state index in [1.165, 1.54) is 11.9 Å². The zero-order valence-electron chi connectivity index (χ0n) is 16.3. The lowest BCUT2D eigenvalue weighted by Gasteiger charge is -2.11. The molecule has 0 saturated carbocycles. The van der Waals surface area contributed by atoms with Gasteiger partial charge in [0.15, 0.2) is 5.96 Å². The van der Waals surface area contributed by atoms with Gasteiger partial charge >= 0.3 is 0 Å². The fourth-order valence-corrected chi connectivity index (χ4v) is 4.03. The molecule has 2 aromatic carbocycles. The highest BCUT2D eigenvalue weighted by Crippen LogP contribution is 2.15. The molecule has 0 aliphatic heterocycles. The third-order valence-electron chi connectivity index (χ3n) is 3.83. The largest absolute Gasteiger partial charge is 0.357 e. The van der Waals surface area contributed by atoms with Crippen LogP contribution in [0.5, 0.6) is 0 Å². The molecule has 0 heterocycles. The van der Waals surface area contributed by atoms with E-state index in [2.05, 4.69) is 32.5 Å². The Hall–Kier alpha value is -2.03. The maximum Gasteiger partial charge on any atom is 0.215 e. The van der Waals surface area contributed by atoms with Gasteiger partial charge in [-0.25, -0.2) is 18.1 Å². The SMILES string of the molecule is CCNC(=NCc1cccc(CS(=O)(=O)NC)c1)NCCSc1ccccc1. The molecule has 0 atom stereocenters. The third-order valence-corrected chi connectivity index (χ3v) is 6.18. The molecule has 2 aromatic rings. The fourth-order valence-electron chi connectivity index (χ4n) is 2.48. The minimum atomic E-state index is -3.28. The van der Waals surface area contributed by atoms with Crippen molar-refractivity contribution >= 4 is 27.7 Å². The van der Waals surface area contributed by atoms with Crippen LogP contribution in [-0.4, -0.2) is 40.3 Å². The number of benzene rings is 2. The number of hydrogen-bond donors (Lipinski definition) is 3. The number of rotatable bonds is 10. The van der Waals surface area contributed by atoms with Crippen molar-refractivity contribution in [3.05, 3.63) is 65.7 Å². The highest BCUT2D eigenvalue weighted by molar-refractivity contribution is 7.99. The molecule has 0 amide bonds. The van der Waals surface area contributed by atoms with E-state index in [9.17, 15) is 8.42 Å². The molecule has 3 N–H and O–H groups in total. The monoisotopic (exact) mass is 420 g/mol. The summed E-state index contributed by atoms with van der Waals surface area (Å²) in [6.07, 6.45) is 0. The molecule has 6 nitrogen and oxygen atoms in total. The molecule has 28 heavy (non-hydrogen) atoms. The van der Waals surface area contributed by atoms with E-state index in [4.69, 9.17) is 0 Å². The first-order valence-electron chi connectivity index (χ1n) is 9.21. The summed E-state index contributed by atoms with van der Waals surface area (Å²) < 4.78 is 25.8. The van der Waals surface area contributed by atoms with Crippen LogP contribution in [0.25, 0.3) is 0 Å². The molecule has 0 fully saturated rings. The summed E-state index contributed by atoms with van der Waals surface area (Å²) in [4.78, 5) is 5.86. The summed E-state index contributed by atoms with van der Waals surface area (Å²) >= 11 is 1.80. The van der Waals surface area contributed by atoms with Crippen molar-refractivity contribution in [1.82, 2.24) is 15.4 Å². The zero-order chi connectivity index (χ0) is 20.2. The van der Waals surface area contributed by atoms with Gasteiger partial charge in [0, 0.05) is 23.7 Å². The Morgan fingerprint density at radius 3 is 2.50 bits per heavy atom. The van der Waals surface area contributed by atoms with Gasteiger partial charge in [-0.2, -0.15) is 0 Å². The van der Waals surface area contributed by atoms with Crippen molar-refractivity contribution < 1.29 is 8.42 Å². The molecule has 0 aliphatic rings. The maximum atomic E-state index is 11.7. The van der Waals surface area contributed by atoms with E-state index in [1.807, 2.05) is 49.4 Å². The van der Waals surface area contributed by atoms with Crippen molar-refractivity contribution in [2.45, 2.75) is 24.1 Å². The van der Waals surface area contributed by atoms with Gasteiger partial charge in [-0.3, -0.25) is 0 Å². The Morgan fingerprint density at radius 1 is 1.04 bits per heavy atom. The lowest BCUT2D eigenvalue weighted by Crippen LogP contribution is -2.38. The Kier molecular flexibility index (Phi) is 9.33. The van der Waals surface area contributed by atoms with Gasteiger partial charge in [0.1, 0.15) is 0 Å². The molecule has 2 rings (SSSR count). The molecular formula is C20H28N4O2S2. The van der Waals surface area contributed by atoms with Crippen molar-refractivity contribution in [3.8, 4) is 0 Å². The van der Waals surface area contributed by atoms with Crippen molar-refractivity contribution in [3.63, 3.8) is 0 Å². The van der Waals surface area contributed by atoms with Gasteiger partial charge in [-0.05, 0) is 37.2 Å². The average molecular weight is 421 g/mol. The van der Waals surface area contributed by atoms with Crippen molar-refractivity contribution in [2.75, 3.05) is 25.9 Å². The Morgan fingerprint density at radius 2 is 1.79 bits per heavy atom. The summed E-state index contributed by atoms with van der Waals surface area (Å²) in [7, 11) is -1.86. The second-order valence-electron chi connectivity index (χ2n) is 6.07. The summed E-state index contributed by atoms with van der Waals surface area (Å²) in [6, 6.07) is 17.8. The lowest BCUT2D eigenvalue weighted by molar-refractivity contribution is 0.587. The first-order valence-corrected chi connectivity index (χ1v) is 11.9. The van der Waals surface area contributed by atoms with Gasteiger partial charge in [0.25, 0.3) is 0 Å². The number of hydrogen-bond acceptors (Lipinski definition) is 4. The molecular weight excluding hydrogens is 392 g/mol. The minimum Gasteiger partial charge on any atom is -0.357 e. The molecule has 0 bridgehead atoms. The Bertz CT molecular complexity index is 856. The second kappa shape index (κ2) is 11.7. The van der Waals surface area contributed by atoms with Gasteiger partial charge in [-0.1, -0.05) is 42.5 Å². The van der Waals surface area contributed by atoms with Crippen LogP contribution >= 0.6 is 11.8 Å². The normalized spacial score (nSPS) is 12.0. The number of aliphatic imine (C=N–C) groups is 1. The Balaban J connectivity index is 1.89. The molecule has 0 saturated heterocycles. The third kappa shape index (κ3) is 8.33. The molecule has 152 valence electrons. The maximum absolute atomic E-state index is 11.7. The lowest BCUT2D eigenvalue weighted by atomic mass is 10.1. The van der Waals surface area contributed by atoms with E-state index >= 15 is 0 Å². The van der Waals surface area contributed by atoms with Crippen LogP contribution in [0.3, 0.4) is 0 Å². The molecule has 0 spiro atoms. The minimum absolute atomic E-state index is 0.0317. The van der Waals surface area contributed by atoms with E-state index in [1.54, 1.807) is 11.8 Å². The number of guanidine groups is 1. The average Bonchev–Trinajstić information content (AvgIpc) is 2.70. The zero-order valence-corrected chi connectivity index (χ0v) is 17.9. The van der Waals surface area contributed by atoms with Gasteiger partial charge in [-0.15, -0.1) is 11.8 Å². The molecule has 0 aliphatic carbocycles.